The van der Waals surface area contributed by atoms with Gasteiger partial charge < -0.3 is 4.90 Å². The highest BCUT2D eigenvalue weighted by molar-refractivity contribution is 7.93. The van der Waals surface area contributed by atoms with Gasteiger partial charge in [0.25, 0.3) is 0 Å². The van der Waals surface area contributed by atoms with Crippen molar-refractivity contribution in [3.05, 3.63) is 29.8 Å². The smallest absolute Gasteiger partial charge is 0.235 e. The van der Waals surface area contributed by atoms with E-state index in [1.807, 2.05) is 37.2 Å². The van der Waals surface area contributed by atoms with Crippen LogP contribution in [0.1, 0.15) is 19.4 Å². The van der Waals surface area contributed by atoms with E-state index in [-0.39, 0.29) is 0 Å². The van der Waals surface area contributed by atoms with Crippen molar-refractivity contribution in [3.8, 4) is 0 Å². The number of sulfonamides is 1. The Hall–Kier alpha value is -1.07. The second kappa shape index (κ2) is 5.51. The summed E-state index contributed by atoms with van der Waals surface area (Å²) in [5, 5.41) is -0.431. The monoisotopic (exact) mass is 256 g/mol. The fourth-order valence-corrected chi connectivity index (χ4v) is 2.07. The maximum absolute atomic E-state index is 11.7. The van der Waals surface area contributed by atoms with Gasteiger partial charge in [-0.05, 0) is 45.6 Å². The van der Waals surface area contributed by atoms with Crippen LogP contribution in [-0.2, 0) is 16.6 Å². The molecule has 0 aliphatic heterocycles. The fourth-order valence-electron chi connectivity index (χ4n) is 1.38. The third-order valence-electron chi connectivity index (χ3n) is 2.31. The zero-order valence-electron chi connectivity index (χ0n) is 10.8. The summed E-state index contributed by atoms with van der Waals surface area (Å²) in [5.41, 5.74) is 1.71. The Morgan fingerprint density at radius 2 is 1.94 bits per heavy atom. The molecule has 17 heavy (non-hydrogen) atoms. The largest absolute Gasteiger partial charge is 0.305 e. The van der Waals surface area contributed by atoms with Crippen LogP contribution in [0.25, 0.3) is 0 Å². The summed E-state index contributed by atoms with van der Waals surface area (Å²) in [6.45, 7) is 4.11. The second-order valence-electron chi connectivity index (χ2n) is 4.63. The Kier molecular flexibility index (Phi) is 4.54. The third-order valence-corrected chi connectivity index (χ3v) is 4.07. The van der Waals surface area contributed by atoms with Crippen molar-refractivity contribution in [1.82, 2.24) is 4.90 Å². The van der Waals surface area contributed by atoms with Crippen molar-refractivity contribution in [3.63, 3.8) is 0 Å². The van der Waals surface area contributed by atoms with Crippen molar-refractivity contribution in [2.45, 2.75) is 25.6 Å². The molecule has 0 atom stereocenters. The zero-order valence-corrected chi connectivity index (χ0v) is 11.6. The normalized spacial score (nSPS) is 12.1. The lowest BCUT2D eigenvalue weighted by Gasteiger charge is -2.13. The first-order valence-electron chi connectivity index (χ1n) is 5.56. The van der Waals surface area contributed by atoms with E-state index in [2.05, 4.69) is 4.72 Å². The number of hydrogen-bond acceptors (Lipinski definition) is 3. The van der Waals surface area contributed by atoms with Crippen LogP contribution in [0.2, 0.25) is 0 Å². The molecule has 1 N–H and O–H groups in total. The van der Waals surface area contributed by atoms with Crippen molar-refractivity contribution in [2.75, 3.05) is 18.8 Å². The highest BCUT2D eigenvalue weighted by Crippen LogP contribution is 2.15. The van der Waals surface area contributed by atoms with Crippen LogP contribution in [0.4, 0.5) is 5.69 Å². The maximum Gasteiger partial charge on any atom is 0.235 e. The van der Waals surface area contributed by atoms with Gasteiger partial charge >= 0.3 is 0 Å². The quantitative estimate of drug-likeness (QED) is 0.875. The number of hydrogen-bond donors (Lipinski definition) is 1. The van der Waals surface area contributed by atoms with Gasteiger partial charge in [0, 0.05) is 12.2 Å². The molecule has 1 aromatic carbocycles. The van der Waals surface area contributed by atoms with Crippen LogP contribution >= 0.6 is 0 Å². The van der Waals surface area contributed by atoms with Crippen molar-refractivity contribution < 1.29 is 8.42 Å². The molecular formula is C12H20N2O2S. The molecule has 4 nitrogen and oxygen atoms in total. The lowest BCUT2D eigenvalue weighted by atomic mass is 10.2. The van der Waals surface area contributed by atoms with E-state index in [1.54, 1.807) is 19.9 Å². The molecule has 0 aliphatic rings. The molecule has 1 rings (SSSR count). The van der Waals surface area contributed by atoms with Gasteiger partial charge in [-0.2, -0.15) is 0 Å². The molecular weight excluding hydrogens is 236 g/mol. The Balaban J connectivity index is 2.86. The van der Waals surface area contributed by atoms with Gasteiger partial charge in [-0.25, -0.2) is 8.42 Å². The Morgan fingerprint density at radius 3 is 2.47 bits per heavy atom. The van der Waals surface area contributed by atoms with Gasteiger partial charge in [0.2, 0.25) is 10.0 Å². The number of nitrogens with one attached hydrogen (secondary N) is 1. The van der Waals surface area contributed by atoms with Gasteiger partial charge in [-0.1, -0.05) is 12.1 Å². The molecule has 0 radical (unpaired) electrons. The van der Waals surface area contributed by atoms with E-state index in [0.717, 1.165) is 12.1 Å². The SMILES string of the molecule is CC(C)S(=O)(=O)Nc1cccc(CN(C)C)c1. The third kappa shape index (κ3) is 4.36. The molecule has 1 aromatic rings. The highest BCUT2D eigenvalue weighted by atomic mass is 32.2. The lowest BCUT2D eigenvalue weighted by molar-refractivity contribution is 0.402. The van der Waals surface area contributed by atoms with Gasteiger partial charge in [-0.15, -0.1) is 0 Å². The first kappa shape index (κ1) is 14.0. The van der Waals surface area contributed by atoms with E-state index >= 15 is 0 Å². The summed E-state index contributed by atoms with van der Waals surface area (Å²) < 4.78 is 26.0. The number of benzene rings is 1. The average molecular weight is 256 g/mol. The van der Waals surface area contributed by atoms with E-state index in [4.69, 9.17) is 0 Å². The molecule has 0 heterocycles. The molecule has 0 bridgehead atoms. The maximum atomic E-state index is 11.7. The molecule has 0 saturated heterocycles. The lowest BCUT2D eigenvalue weighted by Crippen LogP contribution is -2.22. The van der Waals surface area contributed by atoms with Crippen molar-refractivity contribution in [2.24, 2.45) is 0 Å². The molecule has 0 fully saturated rings. The number of anilines is 1. The summed E-state index contributed by atoms with van der Waals surface area (Å²) in [6, 6.07) is 7.46. The van der Waals surface area contributed by atoms with E-state index < -0.39 is 15.3 Å². The van der Waals surface area contributed by atoms with Crippen LogP contribution in [0.3, 0.4) is 0 Å². The molecule has 0 amide bonds. The first-order valence-corrected chi connectivity index (χ1v) is 7.11. The summed E-state index contributed by atoms with van der Waals surface area (Å²) in [7, 11) is 0.694. The first-order chi connectivity index (χ1) is 7.81. The number of nitrogens with zero attached hydrogens (tertiary/aromatic N) is 1. The van der Waals surface area contributed by atoms with Gasteiger partial charge in [0.15, 0.2) is 0 Å². The average Bonchev–Trinajstić information content (AvgIpc) is 2.15. The predicted octanol–water partition coefficient (Wildman–Crippen LogP) is 1.90. The molecule has 0 spiro atoms. The summed E-state index contributed by atoms with van der Waals surface area (Å²) >= 11 is 0. The topological polar surface area (TPSA) is 49.4 Å². The van der Waals surface area contributed by atoms with Crippen LogP contribution in [-0.4, -0.2) is 32.7 Å². The summed E-state index contributed by atoms with van der Waals surface area (Å²) in [4.78, 5) is 2.04. The fraction of sp³-hybridized carbons (Fsp3) is 0.500. The molecule has 96 valence electrons. The van der Waals surface area contributed by atoms with Crippen molar-refractivity contribution in [1.29, 1.82) is 0 Å². The molecule has 0 aliphatic carbocycles. The number of rotatable bonds is 5. The van der Waals surface area contributed by atoms with Gasteiger partial charge in [0.05, 0.1) is 5.25 Å². The van der Waals surface area contributed by atoms with Gasteiger partial charge in [0.1, 0.15) is 0 Å². The van der Waals surface area contributed by atoms with E-state index in [1.165, 1.54) is 0 Å². The van der Waals surface area contributed by atoms with Gasteiger partial charge in [-0.3, -0.25) is 4.72 Å². The Bertz CT molecular complexity index is 467. The molecule has 5 heteroatoms. The zero-order chi connectivity index (χ0) is 13.1. The minimum Gasteiger partial charge on any atom is -0.305 e. The van der Waals surface area contributed by atoms with Crippen LogP contribution in [0.5, 0.6) is 0 Å². The van der Waals surface area contributed by atoms with Crippen LogP contribution in [0, 0.1) is 0 Å². The molecule has 0 unspecified atom stereocenters. The summed E-state index contributed by atoms with van der Waals surface area (Å²) in [6.07, 6.45) is 0. The second-order valence-corrected chi connectivity index (χ2v) is 6.87. The van der Waals surface area contributed by atoms with Crippen LogP contribution in [0.15, 0.2) is 24.3 Å². The predicted molar refractivity (Wildman–Crippen MR) is 71.5 cm³/mol. The van der Waals surface area contributed by atoms with Crippen LogP contribution < -0.4 is 4.72 Å². The Labute approximate surface area is 104 Å². The Morgan fingerprint density at radius 1 is 1.29 bits per heavy atom. The van der Waals surface area contributed by atoms with Crippen molar-refractivity contribution >= 4 is 15.7 Å². The summed E-state index contributed by atoms with van der Waals surface area (Å²) in [5.74, 6) is 0. The molecule has 0 saturated carbocycles. The minimum atomic E-state index is -3.26. The van der Waals surface area contributed by atoms with E-state index in [0.29, 0.717) is 5.69 Å². The minimum absolute atomic E-state index is 0.431. The molecule has 0 aromatic heterocycles. The standard InChI is InChI=1S/C12H20N2O2S/c1-10(2)17(15,16)13-12-7-5-6-11(8-12)9-14(3)4/h5-8,10,13H,9H2,1-4H3. The van der Waals surface area contributed by atoms with E-state index in [9.17, 15) is 8.42 Å². The highest BCUT2D eigenvalue weighted by Gasteiger charge is 2.15.